The summed E-state index contributed by atoms with van der Waals surface area (Å²) in [4.78, 5) is 20.5. The van der Waals surface area contributed by atoms with Gasteiger partial charge in [-0.25, -0.2) is 0 Å². The molecule has 2 aliphatic heterocycles. The molecule has 2 unspecified atom stereocenters. The molecule has 2 atom stereocenters. The number of hydrogen-bond donors (Lipinski definition) is 1. The van der Waals surface area contributed by atoms with Gasteiger partial charge in [0.1, 0.15) is 0 Å². The number of halogens is 2. The fourth-order valence-corrected chi connectivity index (χ4v) is 9.48. The van der Waals surface area contributed by atoms with Crippen molar-refractivity contribution in [2.75, 3.05) is 39.3 Å². The van der Waals surface area contributed by atoms with E-state index in [1.807, 2.05) is 54.6 Å². The Morgan fingerprint density at radius 1 is 0.531 bits per heavy atom. The van der Waals surface area contributed by atoms with E-state index in [1.165, 1.54) is 38.9 Å². The van der Waals surface area contributed by atoms with E-state index >= 15 is 0 Å². The van der Waals surface area contributed by atoms with Crippen LogP contribution in [-0.4, -0.2) is 72.0 Å². The third-order valence-electron chi connectivity index (χ3n) is 12.4. The molecule has 2 fully saturated rings. The SMILES string of the molecule is Cc1ccc(Cl)c(-c2ccc(CN3CCN(C(=O)c4ccccc4)C(Cc4ccccc4)C3)cc2)c1.Cc1ccc(Cl)c(-c2ccc(CN3CCNC(Cc4ccccc4)C3)cc2)c1. The maximum absolute atomic E-state index is 13.4. The second kappa shape index (κ2) is 21.9. The summed E-state index contributed by atoms with van der Waals surface area (Å²) >= 11 is 12.8. The summed E-state index contributed by atoms with van der Waals surface area (Å²) in [5, 5.41) is 5.25. The van der Waals surface area contributed by atoms with Gasteiger partial charge in [-0.2, -0.15) is 0 Å². The summed E-state index contributed by atoms with van der Waals surface area (Å²) in [7, 11) is 0. The Kier molecular flexibility index (Phi) is 15.4. The maximum Gasteiger partial charge on any atom is 0.254 e. The molecule has 7 heteroatoms. The van der Waals surface area contributed by atoms with E-state index in [9.17, 15) is 4.79 Å². The van der Waals surface area contributed by atoms with Gasteiger partial charge in [-0.3, -0.25) is 14.6 Å². The highest BCUT2D eigenvalue weighted by atomic mass is 35.5. The van der Waals surface area contributed by atoms with Gasteiger partial charge in [0.2, 0.25) is 0 Å². The number of piperazine rings is 2. The monoisotopic (exact) mass is 884 g/mol. The third-order valence-corrected chi connectivity index (χ3v) is 13.1. The van der Waals surface area contributed by atoms with Crippen LogP contribution in [0.5, 0.6) is 0 Å². The summed E-state index contributed by atoms with van der Waals surface area (Å²) in [6, 6.07) is 61.4. The summed E-state index contributed by atoms with van der Waals surface area (Å²) in [5.74, 6) is 0.121. The highest BCUT2D eigenvalue weighted by molar-refractivity contribution is 6.33. The number of carbonyl (C=O) groups excluding carboxylic acids is 1. The molecule has 7 aromatic carbocycles. The molecule has 0 spiro atoms. The van der Waals surface area contributed by atoms with Crippen LogP contribution in [0.2, 0.25) is 10.0 Å². The first-order chi connectivity index (χ1) is 31.2. The van der Waals surface area contributed by atoms with Crippen molar-refractivity contribution in [3.8, 4) is 22.3 Å². The van der Waals surface area contributed by atoms with Crippen LogP contribution in [0.1, 0.15) is 43.7 Å². The van der Waals surface area contributed by atoms with E-state index in [4.69, 9.17) is 23.2 Å². The zero-order valence-corrected chi connectivity index (χ0v) is 38.5. The van der Waals surface area contributed by atoms with Gasteiger partial charge >= 0.3 is 0 Å². The van der Waals surface area contributed by atoms with Gasteiger partial charge in [-0.15, -0.1) is 0 Å². The van der Waals surface area contributed by atoms with Gasteiger partial charge in [0, 0.05) is 91.2 Å². The lowest BCUT2D eigenvalue weighted by atomic mass is 9.99. The molecule has 2 heterocycles. The zero-order valence-electron chi connectivity index (χ0n) is 37.0. The van der Waals surface area contributed by atoms with Crippen molar-refractivity contribution in [3.63, 3.8) is 0 Å². The molecular formula is C57H58Cl2N4O. The van der Waals surface area contributed by atoms with E-state index in [-0.39, 0.29) is 11.9 Å². The molecule has 2 saturated heterocycles. The molecule has 0 aliphatic carbocycles. The fraction of sp³-hybridized carbons (Fsp3) is 0.246. The predicted molar refractivity (Wildman–Crippen MR) is 267 cm³/mol. The molecule has 0 radical (unpaired) electrons. The number of nitrogens with zero attached hydrogens (tertiary/aromatic N) is 3. The van der Waals surface area contributed by atoms with Crippen molar-refractivity contribution in [2.45, 2.75) is 51.9 Å². The second-order valence-electron chi connectivity index (χ2n) is 17.4. The van der Waals surface area contributed by atoms with Crippen LogP contribution in [-0.2, 0) is 25.9 Å². The van der Waals surface area contributed by atoms with Crippen LogP contribution in [0.25, 0.3) is 22.3 Å². The molecule has 326 valence electrons. The number of carbonyl (C=O) groups is 1. The predicted octanol–water partition coefficient (Wildman–Crippen LogP) is 12.2. The van der Waals surface area contributed by atoms with Gasteiger partial charge in [0.15, 0.2) is 0 Å². The second-order valence-corrected chi connectivity index (χ2v) is 18.2. The van der Waals surface area contributed by atoms with Gasteiger partial charge in [-0.05, 0) is 96.5 Å². The van der Waals surface area contributed by atoms with Crippen molar-refractivity contribution in [1.82, 2.24) is 20.0 Å². The van der Waals surface area contributed by atoms with Crippen LogP contribution in [0.3, 0.4) is 0 Å². The smallest absolute Gasteiger partial charge is 0.254 e. The van der Waals surface area contributed by atoms with Crippen LogP contribution in [0, 0.1) is 13.8 Å². The molecule has 1 N–H and O–H groups in total. The number of amides is 1. The minimum atomic E-state index is 0.121. The number of nitrogens with one attached hydrogen (secondary N) is 1. The molecular weight excluding hydrogens is 828 g/mol. The molecule has 1 amide bonds. The molecule has 9 rings (SSSR count). The first-order valence-corrected chi connectivity index (χ1v) is 23.3. The molecule has 0 aromatic heterocycles. The van der Waals surface area contributed by atoms with Crippen LogP contribution in [0.15, 0.2) is 176 Å². The van der Waals surface area contributed by atoms with E-state index in [0.29, 0.717) is 6.04 Å². The van der Waals surface area contributed by atoms with E-state index in [2.05, 4.69) is 155 Å². The normalized spacial score (nSPS) is 16.8. The number of aryl methyl sites for hydroxylation is 2. The van der Waals surface area contributed by atoms with Crippen LogP contribution in [0.4, 0.5) is 0 Å². The standard InChI is InChI=1S/C32H31ClN2O.C25H27ClN2/c1-24-12-17-31(33)30(20-24)27-15-13-26(14-16-27)22-34-18-19-35(32(36)28-10-6-3-7-11-28)29(23-34)21-25-8-4-2-5-9-25;1-19-7-12-25(26)24(15-19)22-10-8-21(9-11-22)17-28-14-13-27-23(18-28)16-20-5-3-2-4-6-20/h2-17,20,29H,18-19,21-23H2,1H3;2-12,15,23,27H,13-14,16-18H2,1H3. The topological polar surface area (TPSA) is 38.8 Å². The van der Waals surface area contributed by atoms with Crippen molar-refractivity contribution >= 4 is 29.1 Å². The summed E-state index contributed by atoms with van der Waals surface area (Å²) in [6.45, 7) is 11.7. The quantitative estimate of drug-likeness (QED) is 0.140. The van der Waals surface area contributed by atoms with Crippen LogP contribution >= 0.6 is 23.2 Å². The lowest BCUT2D eigenvalue weighted by molar-refractivity contribution is 0.0439. The first-order valence-electron chi connectivity index (χ1n) is 22.6. The first kappa shape index (κ1) is 45.1. The van der Waals surface area contributed by atoms with Gasteiger partial charge in [0.25, 0.3) is 5.91 Å². The number of rotatable bonds is 11. The fourth-order valence-electron chi connectivity index (χ4n) is 9.03. The van der Waals surface area contributed by atoms with Gasteiger partial charge < -0.3 is 10.2 Å². The molecule has 7 aromatic rings. The summed E-state index contributed by atoms with van der Waals surface area (Å²) in [5.41, 5.74) is 13.0. The van der Waals surface area contributed by atoms with E-state index < -0.39 is 0 Å². The summed E-state index contributed by atoms with van der Waals surface area (Å²) in [6.07, 6.45) is 1.93. The maximum atomic E-state index is 13.4. The van der Waals surface area contributed by atoms with Crippen LogP contribution < -0.4 is 5.32 Å². The molecule has 5 nitrogen and oxygen atoms in total. The third kappa shape index (κ3) is 12.2. The van der Waals surface area contributed by atoms with Gasteiger partial charge in [-0.1, -0.05) is 174 Å². The van der Waals surface area contributed by atoms with E-state index in [1.54, 1.807) is 0 Å². The highest BCUT2D eigenvalue weighted by Gasteiger charge is 2.31. The number of hydrogen-bond acceptors (Lipinski definition) is 4. The minimum absolute atomic E-state index is 0.121. The zero-order chi connectivity index (χ0) is 44.3. The lowest BCUT2D eigenvalue weighted by Crippen LogP contribution is -2.55. The minimum Gasteiger partial charge on any atom is -0.333 e. The Morgan fingerprint density at radius 3 is 1.55 bits per heavy atom. The highest BCUT2D eigenvalue weighted by Crippen LogP contribution is 2.31. The summed E-state index contributed by atoms with van der Waals surface area (Å²) < 4.78 is 0. The Morgan fingerprint density at radius 2 is 1.02 bits per heavy atom. The molecule has 0 saturated carbocycles. The van der Waals surface area contributed by atoms with Crippen molar-refractivity contribution < 1.29 is 4.79 Å². The van der Waals surface area contributed by atoms with Crippen molar-refractivity contribution in [3.05, 3.63) is 225 Å². The largest absolute Gasteiger partial charge is 0.333 e. The van der Waals surface area contributed by atoms with Crippen molar-refractivity contribution in [2.24, 2.45) is 0 Å². The van der Waals surface area contributed by atoms with Gasteiger partial charge in [0.05, 0.1) is 0 Å². The average Bonchev–Trinajstić information content (AvgIpc) is 3.32. The molecule has 2 aliphatic rings. The Bertz CT molecular complexity index is 2570. The van der Waals surface area contributed by atoms with Crippen molar-refractivity contribution in [1.29, 1.82) is 0 Å². The lowest BCUT2D eigenvalue weighted by Gasteiger charge is -2.42. The molecule has 64 heavy (non-hydrogen) atoms. The van der Waals surface area contributed by atoms with E-state index in [0.717, 1.165) is 97.5 Å². The number of benzene rings is 7. The Balaban J connectivity index is 0.000000181. The molecule has 0 bridgehead atoms. The Hall–Kier alpha value is -5.53. The Labute approximate surface area is 390 Å². The average molecular weight is 886 g/mol.